The fourth-order valence-corrected chi connectivity index (χ4v) is 17.6. The number of nitrogens with zero attached hydrogens (tertiary/aromatic N) is 4. The molecule has 0 radical (unpaired) electrons. The Morgan fingerprint density at radius 1 is 0.259 bits per heavy atom. The van der Waals surface area contributed by atoms with Gasteiger partial charge >= 0.3 is 0 Å². The second-order valence-corrected chi connectivity index (χ2v) is 31.3. The second kappa shape index (κ2) is 33.0. The fraction of sp³-hybridized carbons (Fsp3) is 0.391. The van der Waals surface area contributed by atoms with E-state index in [-0.39, 0.29) is 75.9 Å². The number of hydrogen-bond acceptors (Lipinski definition) is 20. The Hall–Kier alpha value is -12.1. The van der Waals surface area contributed by atoms with Gasteiger partial charge in [0.1, 0.15) is 95.4 Å². The molecule has 8 bridgehead atoms. The Bertz CT molecular complexity index is 4430. The molecule has 24 heteroatoms. The Kier molecular flexibility index (Phi) is 21.8. The lowest BCUT2D eigenvalue weighted by molar-refractivity contribution is -0.127. The van der Waals surface area contributed by atoms with Crippen LogP contribution < -0.4 is 56.8 Å². The molecule has 1 aliphatic carbocycles. The maximum absolute atomic E-state index is 13.7. The van der Waals surface area contributed by atoms with E-state index in [2.05, 4.69) is 52.0 Å². The highest BCUT2D eigenvalue weighted by molar-refractivity contribution is 6.44. The number of amides is 4. The number of rotatable bonds is 20. The van der Waals surface area contributed by atoms with Crippen molar-refractivity contribution >= 4 is 46.8 Å². The van der Waals surface area contributed by atoms with Crippen molar-refractivity contribution in [2.75, 3.05) is 79.5 Å². The van der Waals surface area contributed by atoms with E-state index in [0.29, 0.717) is 144 Å². The Labute approximate surface area is 672 Å². The minimum Gasteiger partial charge on any atom is -0.489 e. The molecule has 9 aliphatic rings. The van der Waals surface area contributed by atoms with Gasteiger partial charge in [-0.05, 0) is 198 Å². The number of carbonyl (C=O) groups excluding carboxylic acids is 8. The molecule has 0 aromatic heterocycles. The Morgan fingerprint density at radius 3 is 0.586 bits per heavy atom. The highest BCUT2D eigenvalue weighted by Crippen LogP contribution is 2.57. The molecule has 0 unspecified atom stereocenters. The smallest absolute Gasteiger partial charge is 0.294 e. The summed E-state index contributed by atoms with van der Waals surface area (Å²) in [6.45, 7) is 10.7. The molecule has 0 saturated carbocycles. The fourth-order valence-electron chi connectivity index (χ4n) is 17.6. The van der Waals surface area contributed by atoms with Crippen LogP contribution >= 0.6 is 0 Å². The molecule has 0 N–H and O–H groups in total. The van der Waals surface area contributed by atoms with Crippen LogP contribution in [-0.4, -0.2) is 146 Å². The third-order valence-electron chi connectivity index (χ3n) is 24.2. The largest absolute Gasteiger partial charge is 0.489 e. The van der Waals surface area contributed by atoms with E-state index in [1.54, 1.807) is 117 Å². The van der Waals surface area contributed by atoms with Crippen molar-refractivity contribution in [1.82, 2.24) is 19.6 Å². The predicted octanol–water partition coefficient (Wildman–Crippen LogP) is 14.6. The molecular formula is C92H92N4O20. The summed E-state index contributed by atoms with van der Waals surface area (Å²) in [7, 11) is 0. The average Bonchev–Trinajstić information content (AvgIpc) is 0.723. The van der Waals surface area contributed by atoms with E-state index in [1.165, 1.54) is 0 Å². The van der Waals surface area contributed by atoms with Crippen molar-refractivity contribution < 1.29 is 95.2 Å². The van der Waals surface area contributed by atoms with Gasteiger partial charge in [-0.15, -0.1) is 0 Å². The van der Waals surface area contributed by atoms with Crippen LogP contribution in [0.4, 0.5) is 0 Å². The van der Waals surface area contributed by atoms with Crippen LogP contribution in [0.15, 0.2) is 121 Å². The molecule has 4 fully saturated rings. The number of ether oxygens (including phenoxy) is 12. The summed E-state index contributed by atoms with van der Waals surface area (Å²) >= 11 is 0. The molecule has 116 heavy (non-hydrogen) atoms. The van der Waals surface area contributed by atoms with Crippen molar-refractivity contribution in [2.24, 2.45) is 0 Å². The zero-order chi connectivity index (χ0) is 79.8. The number of benzene rings is 8. The summed E-state index contributed by atoms with van der Waals surface area (Å²) in [5, 5.41) is 0. The zero-order valence-corrected chi connectivity index (χ0v) is 65.6. The quantitative estimate of drug-likeness (QED) is 0.0507. The van der Waals surface area contributed by atoms with Crippen LogP contribution in [0.5, 0.6) is 69.0 Å². The van der Waals surface area contributed by atoms with Gasteiger partial charge in [0.25, 0.3) is 23.6 Å². The summed E-state index contributed by atoms with van der Waals surface area (Å²) in [4.78, 5) is 115. The van der Waals surface area contributed by atoms with Gasteiger partial charge in [-0.3, -0.25) is 38.4 Å². The molecular weight excluding hydrogens is 1480 g/mol. The van der Waals surface area contributed by atoms with Crippen molar-refractivity contribution in [2.45, 2.75) is 155 Å². The van der Waals surface area contributed by atoms with Crippen molar-refractivity contribution in [3.63, 3.8) is 0 Å². The van der Waals surface area contributed by atoms with E-state index < -0.39 is 70.4 Å². The number of hydrogen-bond donors (Lipinski definition) is 0. The van der Waals surface area contributed by atoms with E-state index in [0.717, 1.165) is 122 Å². The summed E-state index contributed by atoms with van der Waals surface area (Å²) in [6, 6.07) is 34.6. The highest BCUT2D eigenvalue weighted by atomic mass is 16.7. The van der Waals surface area contributed by atoms with Crippen LogP contribution in [0.1, 0.15) is 237 Å². The van der Waals surface area contributed by atoms with Crippen molar-refractivity contribution in [3.8, 4) is 69.0 Å². The third-order valence-corrected chi connectivity index (χ3v) is 24.2. The summed E-state index contributed by atoms with van der Waals surface area (Å²) in [6.07, 6.45) is 10.8. The first kappa shape index (κ1) is 76.5. The lowest BCUT2D eigenvalue weighted by Gasteiger charge is -2.36. The van der Waals surface area contributed by atoms with Gasteiger partial charge < -0.3 is 76.4 Å². The highest BCUT2D eigenvalue weighted by Gasteiger charge is 2.41. The normalized spacial score (nSPS) is 18.9. The summed E-state index contributed by atoms with van der Waals surface area (Å²) < 4.78 is 83.0. The number of piperidine rings is 4. The molecule has 0 atom stereocenters. The minimum atomic E-state index is -0.594. The first-order valence-corrected chi connectivity index (χ1v) is 40.6. The van der Waals surface area contributed by atoms with Gasteiger partial charge in [0.2, 0.25) is 50.3 Å². The predicted molar refractivity (Wildman–Crippen MR) is 422 cm³/mol. The second-order valence-electron chi connectivity index (χ2n) is 31.3. The molecule has 8 aromatic carbocycles. The van der Waals surface area contributed by atoms with Crippen LogP contribution in [0, 0.1) is 0 Å². The summed E-state index contributed by atoms with van der Waals surface area (Å²) in [5.41, 5.74) is 8.96. The number of ketones is 4. The molecule has 4 amide bonds. The Morgan fingerprint density at radius 2 is 0.422 bits per heavy atom. The van der Waals surface area contributed by atoms with Crippen molar-refractivity contribution in [1.29, 1.82) is 0 Å². The van der Waals surface area contributed by atoms with Gasteiger partial charge in [0, 0.05) is 143 Å². The standard InChI is InChI=1S/C92H92N4O20/c1-53-65-41-67-54(2)69-43-71-56(4)72-44-70-55(3)68-42-66(53)82-74(46-106-62-27-19-58(20-28-62)78(98)90(102)94-35-11-6-12-36-94)84(68)112-51-114-86(70)76(48-108-64-31-23-60(24-32-64)80(100)92(104)96-39-15-8-16-40-96)88(72)116-52-115-87(71)75(47-107-63-29-21-59(22-30-63)79(99)91(103)95-37-13-7-14-38-95)85(69)113-50-111-83(67)73(81(65)109-49-110-82)45-105-61-25-17-57(18-26-61)77(97)89(101)93-33-9-5-10-34-93/h17-32,41-44,53-56H,5-16,33-40,45-52H2,1-4H3. The number of carbonyl (C=O) groups is 8. The van der Waals surface area contributed by atoms with E-state index in [4.69, 9.17) is 56.8 Å². The lowest BCUT2D eigenvalue weighted by Crippen LogP contribution is -2.40. The molecule has 600 valence electrons. The molecule has 4 saturated heterocycles. The minimum absolute atomic E-state index is 0.127. The number of likely N-dealkylation sites (tertiary alicyclic amines) is 4. The molecule has 8 heterocycles. The van der Waals surface area contributed by atoms with Crippen LogP contribution in [-0.2, 0) is 45.6 Å². The van der Waals surface area contributed by atoms with Crippen LogP contribution in [0.2, 0.25) is 0 Å². The number of Topliss-reactive ketones (excluding diaryl/α,β-unsaturated/α-hetero) is 4. The van der Waals surface area contributed by atoms with Gasteiger partial charge in [-0.2, -0.15) is 0 Å². The average molecular weight is 1570 g/mol. The zero-order valence-electron chi connectivity index (χ0n) is 65.6. The topological polar surface area (TPSA) is 260 Å². The maximum atomic E-state index is 13.7. The third kappa shape index (κ3) is 14.9. The molecule has 17 rings (SSSR count). The van der Waals surface area contributed by atoms with Crippen LogP contribution in [0.25, 0.3) is 0 Å². The monoisotopic (exact) mass is 1570 g/mol. The van der Waals surface area contributed by atoms with Crippen molar-refractivity contribution in [3.05, 3.63) is 210 Å². The summed E-state index contributed by atoms with van der Waals surface area (Å²) in [5.74, 6) is -1.84. The first-order valence-electron chi connectivity index (χ1n) is 40.6. The molecule has 8 aliphatic heterocycles. The Balaban J connectivity index is 0.809. The first-order chi connectivity index (χ1) is 56.5. The maximum Gasteiger partial charge on any atom is 0.294 e. The van der Waals surface area contributed by atoms with Gasteiger partial charge in [0.05, 0.1) is 22.3 Å². The molecule has 0 spiro atoms. The van der Waals surface area contributed by atoms with E-state index in [1.807, 2.05) is 0 Å². The van der Waals surface area contributed by atoms with Crippen LogP contribution in [0.3, 0.4) is 0 Å². The molecule has 24 nitrogen and oxygen atoms in total. The molecule has 8 aromatic rings. The SMILES string of the molecule is CC1c2cc3c4c(COc5ccc(C(=O)C(=O)N6CCCCC6)cc5)c2OCOc2c1cc1c(c2COc2ccc(C(=O)C(=O)N5CCCCC5)cc2)OCOc2c(cc5c(c2COc2ccc(C(=O)C(=O)N6CCCCC6)cc2)OCOc2c(cc(c(c2COc2ccc(C(=O)C(=O)N6CCCCC6)cc2)OCO4)C3C)C5C)C1C. The van der Waals surface area contributed by atoms with Gasteiger partial charge in [0.15, 0.2) is 0 Å². The van der Waals surface area contributed by atoms with E-state index in [9.17, 15) is 38.4 Å². The van der Waals surface area contributed by atoms with Gasteiger partial charge in [-0.25, -0.2) is 0 Å². The lowest BCUT2D eigenvalue weighted by atomic mass is 9.78. The van der Waals surface area contributed by atoms with Gasteiger partial charge in [-0.1, -0.05) is 27.7 Å². The van der Waals surface area contributed by atoms with E-state index >= 15 is 0 Å².